The topological polar surface area (TPSA) is 33.6 Å². The van der Waals surface area contributed by atoms with Crippen molar-refractivity contribution in [2.24, 2.45) is 11.1 Å². The molecule has 0 aliphatic carbocycles. The molecule has 1 aliphatic rings. The van der Waals surface area contributed by atoms with Crippen LogP contribution in [0.1, 0.15) is 6.42 Å². The van der Waals surface area contributed by atoms with Gasteiger partial charge in [0.2, 0.25) is 0 Å². The lowest BCUT2D eigenvalue weighted by Crippen LogP contribution is -2.42. The van der Waals surface area contributed by atoms with Crippen LogP contribution in [0.3, 0.4) is 0 Å². The molecule has 0 unspecified atom stereocenters. The van der Waals surface area contributed by atoms with E-state index in [1.54, 1.807) is 6.21 Å². The second-order valence-corrected chi connectivity index (χ2v) is 2.55. The number of alkyl halides is 1. The van der Waals surface area contributed by atoms with Crippen molar-refractivity contribution in [2.75, 3.05) is 26.4 Å². The molecule has 0 aromatic rings. The van der Waals surface area contributed by atoms with Crippen LogP contribution in [0.5, 0.6) is 0 Å². The molecule has 1 rings (SSSR count). The van der Waals surface area contributed by atoms with Gasteiger partial charge in [-0.3, -0.25) is 4.39 Å². The fraction of sp³-hybridized carbons (Fsp3) is 0.857. The Hall–Kier alpha value is -0.640. The van der Waals surface area contributed by atoms with Crippen molar-refractivity contribution in [2.45, 2.75) is 6.42 Å². The van der Waals surface area contributed by atoms with Crippen LogP contribution in [0.2, 0.25) is 0 Å². The molecule has 0 amide bonds. The van der Waals surface area contributed by atoms with Crippen molar-refractivity contribution in [3.05, 3.63) is 0 Å². The van der Waals surface area contributed by atoms with Crippen molar-refractivity contribution < 1.29 is 9.23 Å². The van der Waals surface area contributed by atoms with E-state index in [9.17, 15) is 4.39 Å². The van der Waals surface area contributed by atoms with Crippen LogP contribution in [-0.2, 0) is 4.84 Å². The Balaban J connectivity index is 1.88. The number of rotatable bonds is 5. The third kappa shape index (κ3) is 3.32. The van der Waals surface area contributed by atoms with Crippen LogP contribution < -0.4 is 5.32 Å². The molecule has 0 atom stereocenters. The van der Waals surface area contributed by atoms with Gasteiger partial charge < -0.3 is 10.2 Å². The molecule has 4 heteroatoms. The van der Waals surface area contributed by atoms with E-state index in [0.717, 1.165) is 13.1 Å². The fourth-order valence-corrected chi connectivity index (χ4v) is 0.717. The minimum absolute atomic E-state index is 0.333. The van der Waals surface area contributed by atoms with Gasteiger partial charge in [0.25, 0.3) is 0 Å². The van der Waals surface area contributed by atoms with Gasteiger partial charge in [0, 0.05) is 31.6 Å². The van der Waals surface area contributed by atoms with E-state index < -0.39 is 0 Å². The van der Waals surface area contributed by atoms with Gasteiger partial charge in [-0.05, 0) is 0 Å². The summed E-state index contributed by atoms with van der Waals surface area (Å²) in [6.07, 6.45) is 2.20. The number of nitrogens with one attached hydrogen (secondary N) is 1. The zero-order valence-corrected chi connectivity index (χ0v) is 6.42. The number of hydrogen-bond donors (Lipinski definition) is 1. The molecule has 1 N–H and O–H groups in total. The summed E-state index contributed by atoms with van der Waals surface area (Å²) in [4.78, 5) is 4.78. The summed E-state index contributed by atoms with van der Waals surface area (Å²) in [5, 5.41) is 6.81. The first-order valence-electron chi connectivity index (χ1n) is 3.85. The summed E-state index contributed by atoms with van der Waals surface area (Å²) < 4.78 is 11.5. The SMILES string of the molecule is FCCCON=CC1CNC1. The summed E-state index contributed by atoms with van der Waals surface area (Å²) in [6, 6.07) is 0. The van der Waals surface area contributed by atoms with Crippen LogP contribution in [0.4, 0.5) is 4.39 Å². The molecule has 11 heavy (non-hydrogen) atoms. The van der Waals surface area contributed by atoms with E-state index in [1.807, 2.05) is 0 Å². The maximum absolute atomic E-state index is 11.5. The van der Waals surface area contributed by atoms with Crippen LogP contribution >= 0.6 is 0 Å². The molecular formula is C7H13FN2O. The van der Waals surface area contributed by atoms with Gasteiger partial charge in [-0.15, -0.1) is 0 Å². The highest BCUT2D eigenvalue weighted by Crippen LogP contribution is 1.98. The molecule has 1 aliphatic heterocycles. The molecule has 1 saturated heterocycles. The Morgan fingerprint density at radius 2 is 2.45 bits per heavy atom. The predicted molar refractivity (Wildman–Crippen MR) is 41.4 cm³/mol. The zero-order chi connectivity index (χ0) is 7.94. The molecule has 0 aromatic heterocycles. The van der Waals surface area contributed by atoms with Gasteiger partial charge in [-0.1, -0.05) is 5.16 Å². The Kier molecular flexibility index (Phi) is 3.90. The van der Waals surface area contributed by atoms with Gasteiger partial charge in [0.15, 0.2) is 0 Å². The van der Waals surface area contributed by atoms with E-state index in [2.05, 4.69) is 10.5 Å². The Morgan fingerprint density at radius 3 is 3.00 bits per heavy atom. The van der Waals surface area contributed by atoms with E-state index in [-0.39, 0.29) is 6.67 Å². The maximum atomic E-state index is 11.5. The summed E-state index contributed by atoms with van der Waals surface area (Å²) >= 11 is 0. The predicted octanol–water partition coefficient (Wildman–Crippen LogP) is 0.568. The molecule has 3 nitrogen and oxygen atoms in total. The second kappa shape index (κ2) is 5.07. The van der Waals surface area contributed by atoms with Gasteiger partial charge in [0.05, 0.1) is 6.67 Å². The number of hydrogen-bond acceptors (Lipinski definition) is 3. The van der Waals surface area contributed by atoms with Crippen LogP contribution in [0, 0.1) is 5.92 Å². The van der Waals surface area contributed by atoms with Gasteiger partial charge in [0.1, 0.15) is 6.61 Å². The largest absolute Gasteiger partial charge is 0.396 e. The first kappa shape index (κ1) is 8.46. The lowest BCUT2D eigenvalue weighted by molar-refractivity contribution is 0.135. The molecule has 0 aromatic carbocycles. The van der Waals surface area contributed by atoms with Crippen molar-refractivity contribution in [1.29, 1.82) is 0 Å². The van der Waals surface area contributed by atoms with Crippen molar-refractivity contribution in [3.8, 4) is 0 Å². The lowest BCUT2D eigenvalue weighted by atomic mass is 10.1. The number of oxime groups is 1. The average Bonchev–Trinajstić information content (AvgIpc) is 1.93. The van der Waals surface area contributed by atoms with Gasteiger partial charge in [-0.2, -0.15) is 0 Å². The average molecular weight is 160 g/mol. The first-order chi connectivity index (χ1) is 5.43. The third-order valence-corrected chi connectivity index (χ3v) is 1.53. The van der Waals surface area contributed by atoms with Crippen LogP contribution in [0.25, 0.3) is 0 Å². The number of nitrogens with zero attached hydrogens (tertiary/aromatic N) is 1. The highest BCUT2D eigenvalue weighted by Gasteiger charge is 2.13. The third-order valence-electron chi connectivity index (χ3n) is 1.53. The van der Waals surface area contributed by atoms with Gasteiger partial charge in [-0.25, -0.2) is 0 Å². The quantitative estimate of drug-likeness (QED) is 0.362. The second-order valence-electron chi connectivity index (χ2n) is 2.55. The molecule has 1 heterocycles. The van der Waals surface area contributed by atoms with E-state index in [4.69, 9.17) is 4.84 Å². The number of halogens is 1. The minimum Gasteiger partial charge on any atom is -0.396 e. The molecule has 0 radical (unpaired) electrons. The Labute approximate surface area is 65.6 Å². The Bertz CT molecular complexity index is 126. The van der Waals surface area contributed by atoms with E-state index >= 15 is 0 Å². The normalized spacial score (nSPS) is 18.6. The van der Waals surface area contributed by atoms with Crippen molar-refractivity contribution >= 4 is 6.21 Å². The van der Waals surface area contributed by atoms with Crippen LogP contribution in [-0.4, -0.2) is 32.6 Å². The van der Waals surface area contributed by atoms with Gasteiger partial charge >= 0.3 is 0 Å². The highest BCUT2D eigenvalue weighted by atomic mass is 19.1. The standard InChI is InChI=1S/C7H13FN2O/c8-2-1-3-11-10-6-7-4-9-5-7/h6-7,9H,1-5H2. The molecule has 0 saturated carbocycles. The summed E-state index contributed by atoms with van der Waals surface area (Å²) in [5.74, 6) is 0.514. The first-order valence-corrected chi connectivity index (χ1v) is 3.85. The maximum Gasteiger partial charge on any atom is 0.119 e. The smallest absolute Gasteiger partial charge is 0.119 e. The van der Waals surface area contributed by atoms with Crippen molar-refractivity contribution in [3.63, 3.8) is 0 Å². The molecule has 0 bridgehead atoms. The highest BCUT2D eigenvalue weighted by molar-refractivity contribution is 5.61. The summed E-state index contributed by atoms with van der Waals surface area (Å²) in [5.41, 5.74) is 0. The van der Waals surface area contributed by atoms with Crippen molar-refractivity contribution in [1.82, 2.24) is 5.32 Å². The summed E-state index contributed by atoms with van der Waals surface area (Å²) in [7, 11) is 0. The fourth-order valence-electron chi connectivity index (χ4n) is 0.717. The molecule has 0 spiro atoms. The molecular weight excluding hydrogens is 147 g/mol. The monoisotopic (exact) mass is 160 g/mol. The molecule has 64 valence electrons. The van der Waals surface area contributed by atoms with Crippen LogP contribution in [0.15, 0.2) is 5.16 Å². The molecule has 1 fully saturated rings. The Morgan fingerprint density at radius 1 is 1.64 bits per heavy atom. The minimum atomic E-state index is -0.333. The van der Waals surface area contributed by atoms with E-state index in [1.165, 1.54) is 0 Å². The zero-order valence-electron chi connectivity index (χ0n) is 6.42. The van der Waals surface area contributed by atoms with E-state index in [0.29, 0.717) is 18.9 Å². The summed E-state index contributed by atoms with van der Waals surface area (Å²) in [6.45, 7) is 2.01. The lowest BCUT2D eigenvalue weighted by Gasteiger charge is -2.22.